The van der Waals surface area contributed by atoms with E-state index in [0.29, 0.717) is 5.92 Å². The third-order valence-electron chi connectivity index (χ3n) is 4.05. The lowest BCUT2D eigenvalue weighted by atomic mass is 9.89. The molecule has 3 nitrogen and oxygen atoms in total. The minimum absolute atomic E-state index is 0.0709. The minimum Gasteiger partial charge on any atom is -0.346 e. The van der Waals surface area contributed by atoms with Gasteiger partial charge in [-0.25, -0.2) is 0 Å². The van der Waals surface area contributed by atoms with Crippen molar-refractivity contribution in [3.05, 3.63) is 34.3 Å². The van der Waals surface area contributed by atoms with E-state index in [4.69, 9.17) is 0 Å². The molecule has 110 valence electrons. The zero-order valence-electron chi connectivity index (χ0n) is 12.4. The Morgan fingerprint density at radius 1 is 1.35 bits per heavy atom. The minimum atomic E-state index is -0.364. The van der Waals surface area contributed by atoms with Gasteiger partial charge in [0.05, 0.1) is 11.6 Å². The number of carbonyl (C=O) groups excluding carboxylic acids is 1. The Bertz CT molecular complexity index is 470. The molecular weight excluding hydrogens is 316 g/mol. The lowest BCUT2D eigenvalue weighted by molar-refractivity contribution is -0.126. The van der Waals surface area contributed by atoms with Gasteiger partial charge in [-0.1, -0.05) is 35.0 Å². The molecule has 0 spiro atoms. The highest BCUT2D eigenvalue weighted by molar-refractivity contribution is 9.10. The predicted octanol–water partition coefficient (Wildman–Crippen LogP) is 3.19. The summed E-state index contributed by atoms with van der Waals surface area (Å²) in [6, 6.07) is 8.03. The van der Waals surface area contributed by atoms with Gasteiger partial charge in [0.25, 0.3) is 0 Å². The molecule has 1 aromatic carbocycles. The molecule has 1 fully saturated rings. The van der Waals surface area contributed by atoms with E-state index in [9.17, 15) is 4.79 Å². The van der Waals surface area contributed by atoms with Crippen LogP contribution in [0.4, 0.5) is 0 Å². The molecule has 0 radical (unpaired) electrons. The summed E-state index contributed by atoms with van der Waals surface area (Å²) in [4.78, 5) is 12.5. The van der Waals surface area contributed by atoms with Crippen LogP contribution in [0.1, 0.15) is 39.2 Å². The highest BCUT2D eigenvalue weighted by Gasteiger charge is 2.31. The maximum absolute atomic E-state index is 12.5. The lowest BCUT2D eigenvalue weighted by Crippen LogP contribution is -2.54. The first kappa shape index (κ1) is 15.5. The number of hydrogen-bond donors (Lipinski definition) is 2. The van der Waals surface area contributed by atoms with Crippen molar-refractivity contribution in [1.82, 2.24) is 10.6 Å². The molecule has 1 aliphatic rings. The molecule has 2 atom stereocenters. The highest BCUT2D eigenvalue weighted by Crippen LogP contribution is 2.23. The number of rotatable bonds is 3. The Labute approximate surface area is 129 Å². The van der Waals surface area contributed by atoms with Crippen molar-refractivity contribution >= 4 is 21.8 Å². The number of piperidine rings is 1. The second-order valence-corrected chi connectivity index (χ2v) is 7.09. The standard InChI is InChI=1S/C16H23BrN2O/c1-11-5-4-10-18-14(11)15(20)19-16(2,3)12-6-8-13(17)9-7-12/h6-9,11,14,18H,4-5,10H2,1-3H3,(H,19,20). The second kappa shape index (κ2) is 6.27. The maximum Gasteiger partial charge on any atom is 0.238 e. The third kappa shape index (κ3) is 3.61. The fraction of sp³-hybridized carbons (Fsp3) is 0.562. The van der Waals surface area contributed by atoms with Crippen molar-refractivity contribution in [3.8, 4) is 0 Å². The summed E-state index contributed by atoms with van der Waals surface area (Å²) in [6.07, 6.45) is 2.27. The van der Waals surface area contributed by atoms with E-state index < -0.39 is 0 Å². The van der Waals surface area contributed by atoms with Gasteiger partial charge in [0.15, 0.2) is 0 Å². The molecule has 1 aliphatic heterocycles. The Balaban J connectivity index is 2.07. The SMILES string of the molecule is CC1CCCNC1C(=O)NC(C)(C)c1ccc(Br)cc1. The smallest absolute Gasteiger partial charge is 0.238 e. The van der Waals surface area contributed by atoms with Gasteiger partial charge in [-0.15, -0.1) is 0 Å². The van der Waals surface area contributed by atoms with Crippen LogP contribution in [0.25, 0.3) is 0 Å². The van der Waals surface area contributed by atoms with Crippen LogP contribution in [-0.2, 0) is 10.3 Å². The molecule has 2 unspecified atom stereocenters. The van der Waals surface area contributed by atoms with Crippen LogP contribution >= 0.6 is 15.9 Å². The van der Waals surface area contributed by atoms with Crippen molar-refractivity contribution in [2.24, 2.45) is 5.92 Å². The van der Waals surface area contributed by atoms with E-state index in [1.807, 2.05) is 38.1 Å². The van der Waals surface area contributed by atoms with Crippen molar-refractivity contribution < 1.29 is 4.79 Å². The highest BCUT2D eigenvalue weighted by atomic mass is 79.9. The van der Waals surface area contributed by atoms with Crippen LogP contribution in [0.2, 0.25) is 0 Å². The summed E-state index contributed by atoms with van der Waals surface area (Å²) in [5.41, 5.74) is 0.744. The third-order valence-corrected chi connectivity index (χ3v) is 4.58. The quantitative estimate of drug-likeness (QED) is 0.888. The van der Waals surface area contributed by atoms with E-state index in [1.165, 1.54) is 0 Å². The summed E-state index contributed by atoms with van der Waals surface area (Å²) in [5.74, 6) is 0.495. The Morgan fingerprint density at radius 2 is 2.00 bits per heavy atom. The summed E-state index contributed by atoms with van der Waals surface area (Å²) < 4.78 is 1.05. The van der Waals surface area contributed by atoms with Gasteiger partial charge in [0, 0.05) is 4.47 Å². The zero-order valence-corrected chi connectivity index (χ0v) is 14.0. The molecule has 1 saturated heterocycles. The second-order valence-electron chi connectivity index (χ2n) is 6.17. The molecule has 0 bridgehead atoms. The number of halogens is 1. The number of benzene rings is 1. The molecule has 2 N–H and O–H groups in total. The first-order chi connectivity index (χ1) is 9.40. The monoisotopic (exact) mass is 338 g/mol. The van der Waals surface area contributed by atoms with E-state index in [1.54, 1.807) is 0 Å². The molecule has 0 saturated carbocycles. The van der Waals surface area contributed by atoms with E-state index in [2.05, 4.69) is 33.5 Å². The van der Waals surface area contributed by atoms with Gasteiger partial charge >= 0.3 is 0 Å². The summed E-state index contributed by atoms with van der Waals surface area (Å²) in [7, 11) is 0. The van der Waals surface area contributed by atoms with Gasteiger partial charge in [-0.3, -0.25) is 4.79 Å². The Hall–Kier alpha value is -0.870. The fourth-order valence-corrected chi connectivity index (χ4v) is 2.99. The Morgan fingerprint density at radius 3 is 2.60 bits per heavy atom. The van der Waals surface area contributed by atoms with Crippen LogP contribution in [-0.4, -0.2) is 18.5 Å². The van der Waals surface area contributed by atoms with Gasteiger partial charge in [-0.2, -0.15) is 0 Å². The van der Waals surface area contributed by atoms with Crippen LogP contribution in [0.15, 0.2) is 28.7 Å². The summed E-state index contributed by atoms with van der Waals surface area (Å²) in [5, 5.41) is 6.51. The van der Waals surface area contributed by atoms with Crippen LogP contribution < -0.4 is 10.6 Å². The number of nitrogens with one attached hydrogen (secondary N) is 2. The molecule has 1 aromatic rings. The van der Waals surface area contributed by atoms with Gasteiger partial charge in [0.2, 0.25) is 5.91 Å². The molecule has 20 heavy (non-hydrogen) atoms. The number of hydrogen-bond acceptors (Lipinski definition) is 2. The first-order valence-electron chi connectivity index (χ1n) is 7.21. The van der Waals surface area contributed by atoms with Gasteiger partial charge < -0.3 is 10.6 Å². The van der Waals surface area contributed by atoms with E-state index in [-0.39, 0.29) is 17.5 Å². The Kier molecular flexibility index (Phi) is 4.86. The topological polar surface area (TPSA) is 41.1 Å². The molecule has 4 heteroatoms. The average molecular weight is 339 g/mol. The molecule has 0 aliphatic carbocycles. The number of carbonyl (C=O) groups is 1. The molecule has 0 aromatic heterocycles. The zero-order chi connectivity index (χ0) is 14.8. The summed E-state index contributed by atoms with van der Waals surface area (Å²) >= 11 is 3.44. The van der Waals surface area contributed by atoms with Crippen molar-refractivity contribution in [1.29, 1.82) is 0 Å². The maximum atomic E-state index is 12.5. The van der Waals surface area contributed by atoms with E-state index in [0.717, 1.165) is 29.4 Å². The predicted molar refractivity (Wildman–Crippen MR) is 85.5 cm³/mol. The van der Waals surface area contributed by atoms with Crippen molar-refractivity contribution in [3.63, 3.8) is 0 Å². The average Bonchev–Trinajstić information content (AvgIpc) is 2.39. The lowest BCUT2D eigenvalue weighted by Gasteiger charge is -2.34. The van der Waals surface area contributed by atoms with E-state index >= 15 is 0 Å². The first-order valence-corrected chi connectivity index (χ1v) is 8.01. The number of amides is 1. The molecule has 1 amide bonds. The fourth-order valence-electron chi connectivity index (χ4n) is 2.73. The largest absolute Gasteiger partial charge is 0.346 e. The molecule has 1 heterocycles. The van der Waals surface area contributed by atoms with Crippen LogP contribution in [0.5, 0.6) is 0 Å². The van der Waals surface area contributed by atoms with Gasteiger partial charge in [0.1, 0.15) is 0 Å². The van der Waals surface area contributed by atoms with Crippen molar-refractivity contribution in [2.75, 3.05) is 6.54 Å². The van der Waals surface area contributed by atoms with Crippen molar-refractivity contribution in [2.45, 2.75) is 45.2 Å². The molecular formula is C16H23BrN2O. The van der Waals surface area contributed by atoms with Crippen LogP contribution in [0.3, 0.4) is 0 Å². The summed E-state index contributed by atoms with van der Waals surface area (Å²) in [6.45, 7) is 7.16. The normalized spacial score (nSPS) is 23.4. The van der Waals surface area contributed by atoms with Crippen LogP contribution in [0, 0.1) is 5.92 Å². The molecule has 2 rings (SSSR count). The van der Waals surface area contributed by atoms with Gasteiger partial charge in [-0.05, 0) is 56.8 Å².